The molecule has 2 N–H and O–H groups in total. The first-order valence-electron chi connectivity index (χ1n) is 10.2. The fraction of sp³-hybridized carbons (Fsp3) is 0.125. The van der Waals surface area contributed by atoms with E-state index in [0.717, 1.165) is 22.5 Å². The van der Waals surface area contributed by atoms with Gasteiger partial charge >= 0.3 is 6.18 Å². The summed E-state index contributed by atoms with van der Waals surface area (Å²) < 4.78 is 45.9. The quantitative estimate of drug-likeness (QED) is 0.281. The van der Waals surface area contributed by atoms with Crippen LogP contribution in [0.25, 0.3) is 10.2 Å². The molecule has 0 spiro atoms. The molecule has 0 saturated carbocycles. The topological polar surface area (TPSA) is 80.3 Å². The molecule has 2 amide bonds. The van der Waals surface area contributed by atoms with Crippen molar-refractivity contribution in [3.05, 3.63) is 77.9 Å². The molecule has 0 aliphatic rings. The molecule has 0 bridgehead atoms. The summed E-state index contributed by atoms with van der Waals surface area (Å²) in [6.07, 6.45) is -4.57. The number of nitrogens with one attached hydrogen (secondary N) is 2. The second kappa shape index (κ2) is 10.4. The highest BCUT2D eigenvalue weighted by Crippen LogP contribution is 2.35. The first-order chi connectivity index (χ1) is 16.7. The Morgan fingerprint density at radius 1 is 1.03 bits per heavy atom. The van der Waals surface area contributed by atoms with Crippen LogP contribution in [-0.4, -0.2) is 29.7 Å². The van der Waals surface area contributed by atoms with Gasteiger partial charge in [0.25, 0.3) is 5.91 Å². The largest absolute Gasteiger partial charge is 0.497 e. The van der Waals surface area contributed by atoms with Crippen molar-refractivity contribution in [2.75, 3.05) is 23.5 Å². The zero-order valence-corrected chi connectivity index (χ0v) is 19.8. The van der Waals surface area contributed by atoms with Crippen molar-refractivity contribution in [2.45, 2.75) is 10.5 Å². The zero-order valence-electron chi connectivity index (χ0n) is 18.2. The van der Waals surface area contributed by atoms with E-state index >= 15 is 0 Å². The highest BCUT2D eigenvalue weighted by Gasteiger charge is 2.33. The van der Waals surface area contributed by atoms with E-state index < -0.39 is 17.6 Å². The number of rotatable bonds is 7. The molecule has 1 aromatic heterocycles. The first kappa shape index (κ1) is 24.6. The van der Waals surface area contributed by atoms with Crippen LogP contribution in [0.4, 0.5) is 24.5 Å². The summed E-state index contributed by atoms with van der Waals surface area (Å²) in [6, 6.07) is 16.8. The maximum atomic E-state index is 13.1. The lowest BCUT2D eigenvalue weighted by Crippen LogP contribution is -2.18. The van der Waals surface area contributed by atoms with E-state index in [-0.39, 0.29) is 17.3 Å². The average molecular weight is 518 g/mol. The third-order valence-electron chi connectivity index (χ3n) is 4.79. The number of para-hydroxylation sites is 1. The molecular formula is C24H18F3N3O3S2. The van der Waals surface area contributed by atoms with Crippen LogP contribution in [-0.2, 0) is 11.0 Å². The smallest absolute Gasteiger partial charge is 0.418 e. The van der Waals surface area contributed by atoms with E-state index in [4.69, 9.17) is 4.74 Å². The minimum atomic E-state index is -4.57. The molecule has 0 aliphatic carbocycles. The number of hydrogen-bond donors (Lipinski definition) is 2. The number of methoxy groups -OCH3 is 1. The van der Waals surface area contributed by atoms with Crippen LogP contribution in [0.2, 0.25) is 0 Å². The van der Waals surface area contributed by atoms with Gasteiger partial charge in [-0.3, -0.25) is 9.59 Å². The van der Waals surface area contributed by atoms with Gasteiger partial charge in [-0.2, -0.15) is 13.2 Å². The molecular weight excluding hydrogens is 499 g/mol. The number of nitrogens with zero attached hydrogens (tertiary/aromatic N) is 1. The molecule has 0 atom stereocenters. The number of hydrogen-bond acceptors (Lipinski definition) is 6. The van der Waals surface area contributed by atoms with Gasteiger partial charge < -0.3 is 15.4 Å². The second-order valence-corrected chi connectivity index (χ2v) is 9.48. The molecule has 180 valence electrons. The summed E-state index contributed by atoms with van der Waals surface area (Å²) in [7, 11) is 1.52. The molecule has 4 aromatic rings. The van der Waals surface area contributed by atoms with Gasteiger partial charge in [-0.25, -0.2) is 4.98 Å². The maximum Gasteiger partial charge on any atom is 0.418 e. The number of benzene rings is 3. The van der Waals surface area contributed by atoms with Crippen molar-refractivity contribution in [1.82, 2.24) is 4.98 Å². The number of amides is 2. The number of ether oxygens (including phenoxy) is 1. The van der Waals surface area contributed by atoms with E-state index in [2.05, 4.69) is 15.6 Å². The normalized spacial score (nSPS) is 11.3. The summed E-state index contributed by atoms with van der Waals surface area (Å²) in [5.74, 6) is -0.399. The van der Waals surface area contributed by atoms with E-state index in [9.17, 15) is 22.8 Å². The summed E-state index contributed by atoms with van der Waals surface area (Å²) in [5.41, 5.74) is 0.517. The molecule has 0 saturated heterocycles. The van der Waals surface area contributed by atoms with Crippen LogP contribution >= 0.6 is 23.1 Å². The number of fused-ring (bicyclic) bond motifs is 1. The highest BCUT2D eigenvalue weighted by molar-refractivity contribution is 8.01. The number of thiazole rings is 1. The van der Waals surface area contributed by atoms with E-state index in [1.54, 1.807) is 42.5 Å². The van der Waals surface area contributed by atoms with Crippen LogP contribution in [0.3, 0.4) is 0 Å². The number of carbonyl (C=O) groups is 2. The number of carbonyl (C=O) groups excluding carboxylic acids is 2. The fourth-order valence-electron chi connectivity index (χ4n) is 3.16. The molecule has 1 heterocycles. The Kier molecular flexibility index (Phi) is 7.27. The van der Waals surface area contributed by atoms with Crippen molar-refractivity contribution >= 4 is 56.5 Å². The molecule has 0 radical (unpaired) electrons. The Morgan fingerprint density at radius 3 is 2.60 bits per heavy atom. The van der Waals surface area contributed by atoms with E-state index in [1.807, 2.05) is 0 Å². The second-order valence-electron chi connectivity index (χ2n) is 7.23. The lowest BCUT2D eigenvalue weighted by molar-refractivity contribution is -0.137. The van der Waals surface area contributed by atoms with Crippen LogP contribution in [0.5, 0.6) is 5.75 Å². The lowest BCUT2D eigenvalue weighted by Gasteiger charge is -2.13. The summed E-state index contributed by atoms with van der Waals surface area (Å²) >= 11 is 2.44. The molecule has 35 heavy (non-hydrogen) atoms. The molecule has 0 fully saturated rings. The van der Waals surface area contributed by atoms with Gasteiger partial charge in [-0.15, -0.1) is 11.3 Å². The number of aromatic nitrogens is 1. The molecule has 0 unspecified atom stereocenters. The van der Waals surface area contributed by atoms with Gasteiger partial charge in [0.15, 0.2) is 4.34 Å². The minimum absolute atomic E-state index is 0.106. The van der Waals surface area contributed by atoms with Crippen molar-refractivity contribution < 1.29 is 27.5 Å². The molecule has 0 aliphatic heterocycles. The van der Waals surface area contributed by atoms with Gasteiger partial charge in [0, 0.05) is 11.3 Å². The van der Waals surface area contributed by atoms with Gasteiger partial charge in [0.05, 0.1) is 34.3 Å². The predicted octanol–water partition coefficient (Wildman–Crippen LogP) is 6.31. The summed E-state index contributed by atoms with van der Waals surface area (Å²) in [6.45, 7) is 0. The molecule has 4 rings (SSSR count). The monoisotopic (exact) mass is 517 g/mol. The number of thioether (sulfide) groups is 1. The van der Waals surface area contributed by atoms with Gasteiger partial charge in [-0.1, -0.05) is 30.0 Å². The first-order valence-corrected chi connectivity index (χ1v) is 12.0. The average Bonchev–Trinajstić information content (AvgIpc) is 3.25. The highest BCUT2D eigenvalue weighted by atomic mass is 32.2. The van der Waals surface area contributed by atoms with E-state index in [0.29, 0.717) is 26.9 Å². The maximum absolute atomic E-state index is 13.1. The van der Waals surface area contributed by atoms with Gasteiger partial charge in [-0.05, 0) is 48.5 Å². The summed E-state index contributed by atoms with van der Waals surface area (Å²) in [5, 5.41) is 5.14. The number of alkyl halides is 3. The van der Waals surface area contributed by atoms with Crippen LogP contribution in [0.1, 0.15) is 15.9 Å². The van der Waals surface area contributed by atoms with Crippen LogP contribution in [0.15, 0.2) is 71.1 Å². The van der Waals surface area contributed by atoms with E-state index in [1.165, 1.54) is 36.6 Å². The van der Waals surface area contributed by atoms with Crippen LogP contribution < -0.4 is 15.4 Å². The Labute approximate surface area is 206 Å². The summed E-state index contributed by atoms with van der Waals surface area (Å²) in [4.78, 5) is 29.2. The third-order valence-corrected chi connectivity index (χ3v) is 6.95. The van der Waals surface area contributed by atoms with Crippen molar-refractivity contribution in [3.8, 4) is 5.75 Å². The Morgan fingerprint density at radius 2 is 1.83 bits per heavy atom. The van der Waals surface area contributed by atoms with Gasteiger partial charge in [0.1, 0.15) is 5.75 Å². The zero-order chi connectivity index (χ0) is 25.0. The molecule has 6 nitrogen and oxygen atoms in total. The number of halogens is 3. The lowest BCUT2D eigenvalue weighted by atomic mass is 10.1. The minimum Gasteiger partial charge on any atom is -0.497 e. The predicted molar refractivity (Wildman–Crippen MR) is 131 cm³/mol. The molecule has 11 heteroatoms. The van der Waals surface area contributed by atoms with Crippen molar-refractivity contribution in [2.24, 2.45) is 0 Å². The van der Waals surface area contributed by atoms with Crippen molar-refractivity contribution in [1.29, 1.82) is 0 Å². The van der Waals surface area contributed by atoms with Gasteiger partial charge in [0.2, 0.25) is 5.91 Å². The molecule has 3 aromatic carbocycles. The standard InChI is InChI=1S/C24H18F3N3O3S2/c1-33-16-6-4-5-14(11-16)22(32)28-15-9-10-19-20(12-15)35-23(30-19)34-13-21(31)29-18-8-3-2-7-17(18)24(25,26)27/h2-12H,13H2,1H3,(H,28,32)(H,29,31). The Balaban J connectivity index is 1.40. The Hall–Kier alpha value is -3.57. The Bertz CT molecular complexity index is 1390. The SMILES string of the molecule is COc1cccc(C(=O)Nc2ccc3nc(SCC(=O)Nc4ccccc4C(F)(F)F)sc3c2)c1. The number of anilines is 2. The third kappa shape index (κ3) is 6.11. The van der Waals surface area contributed by atoms with Crippen LogP contribution in [0, 0.1) is 0 Å². The fourth-order valence-corrected chi connectivity index (χ4v) is 5.07. The van der Waals surface area contributed by atoms with Crippen molar-refractivity contribution in [3.63, 3.8) is 0 Å².